The average Bonchev–Trinajstić information content (AvgIpc) is 1.49. The van der Waals surface area contributed by atoms with Gasteiger partial charge in [0.2, 0.25) is 0 Å². The van der Waals surface area contributed by atoms with Crippen LogP contribution in [0.2, 0.25) is 54.6 Å². The number of benzene rings is 20. The molecule has 2 aliphatic carbocycles. The Morgan fingerprint density at radius 3 is 0.772 bits per heavy atom. The standard InChI is InChI=1S/C37H24S.C37H24.C36H24.CH4B.7CH3B/c1-2-14-29-28(9-1)23-35-30(16-7-18-32(29)35)26-12-5-10-24(21-26)25-11-6-13-27(22-25)31-17-8-19-34-33-15-3-4-20-36(33)38-37(31)34;1-2-12-28-27(9-1)23-36-29(17-8-18-30(28)36)26-11-7-10-24(21-26)25-19-20-35-33-15-4-3-13-31(33)32-14-5-6-16-34(32)37(35)22-25;1-2-10-25(11-3-1)26-12-8-13-27(22-26)28-14-9-15-29(23-28)30-20-21-35-33-18-5-4-16-31(33)32-17-6-7-19-34(32)36(35)24-30;8*1-2/h1-22H,23H2;1-22H,23H2;1-24H;2H,1H3;7*1H3. The highest BCUT2D eigenvalue weighted by Crippen LogP contribution is 2.47. The van der Waals surface area contributed by atoms with Crippen LogP contribution in [-0.4, -0.2) is 62.8 Å². The summed E-state index contributed by atoms with van der Waals surface area (Å²) < 4.78 is 2.70. The molecule has 1 heterocycles. The summed E-state index contributed by atoms with van der Waals surface area (Å²) in [5.41, 5.74) is 31.5. The van der Waals surface area contributed by atoms with Gasteiger partial charge >= 0.3 is 0 Å². The van der Waals surface area contributed by atoms with Crippen molar-refractivity contribution in [2.75, 3.05) is 0 Å². The third kappa shape index (κ3) is 19.0. The minimum atomic E-state index is 1.00. The van der Waals surface area contributed by atoms with Crippen molar-refractivity contribution < 1.29 is 0 Å². The Kier molecular flexibility index (Phi) is 32.0. The number of thiophene rings is 1. The van der Waals surface area contributed by atoms with Crippen LogP contribution < -0.4 is 0 Å². The van der Waals surface area contributed by atoms with Crippen LogP contribution in [0, 0.1) is 0 Å². The highest BCUT2D eigenvalue weighted by Gasteiger charge is 2.24. The molecule has 15 radical (unpaired) electrons. The van der Waals surface area contributed by atoms with Gasteiger partial charge in [-0.1, -0.05) is 419 Å². The van der Waals surface area contributed by atoms with Crippen LogP contribution in [-0.2, 0) is 12.8 Å². The zero-order valence-corrected chi connectivity index (χ0v) is 74.6. The van der Waals surface area contributed by atoms with Crippen molar-refractivity contribution in [3.05, 3.63) is 435 Å². The monoisotopic (exact) mass is 1630 g/mol. The summed E-state index contributed by atoms with van der Waals surface area (Å²) in [6.45, 7) is 12.2. The number of hydrogen-bond acceptors (Lipinski definition) is 1. The first-order valence-electron chi connectivity index (χ1n) is 43.3. The molecule has 0 saturated carbocycles. The van der Waals surface area contributed by atoms with Crippen molar-refractivity contribution in [2.45, 2.75) is 67.4 Å². The van der Waals surface area contributed by atoms with Crippen molar-refractivity contribution in [3.8, 4) is 111 Å². The molecular weight excluding hydrogens is 1540 g/mol. The molecule has 21 aromatic rings. The van der Waals surface area contributed by atoms with E-state index in [2.05, 4.69) is 475 Å². The summed E-state index contributed by atoms with van der Waals surface area (Å²) in [4.78, 5) is 0. The molecule has 0 atom stereocenters. The second kappa shape index (κ2) is 44.5. The first-order valence-corrected chi connectivity index (χ1v) is 44.2. The third-order valence-electron chi connectivity index (χ3n) is 23.3. The topological polar surface area (TPSA) is 0 Å². The van der Waals surface area contributed by atoms with Crippen LogP contribution in [0.3, 0.4) is 0 Å². The normalized spacial score (nSPS) is 10.7. The van der Waals surface area contributed by atoms with Gasteiger partial charge in [0.15, 0.2) is 0 Å². The van der Waals surface area contributed by atoms with E-state index >= 15 is 0 Å². The van der Waals surface area contributed by atoms with Crippen LogP contribution in [0.5, 0.6) is 0 Å². The largest absolute Gasteiger partial charge is 0.135 e. The molecule has 0 spiro atoms. The molecule has 0 nitrogen and oxygen atoms in total. The van der Waals surface area contributed by atoms with Crippen LogP contribution in [0.1, 0.15) is 22.3 Å². The summed E-state index contributed by atoms with van der Waals surface area (Å²) in [5, 5.41) is 18.4. The molecular formula is C118H97B8S. The molecule has 1 aromatic heterocycles. The lowest BCUT2D eigenvalue weighted by molar-refractivity contribution is 1.26. The molecule has 2 aliphatic rings. The van der Waals surface area contributed by atoms with Crippen molar-refractivity contribution >= 4 is 159 Å². The first-order chi connectivity index (χ1) is 63.0. The molecule has 20 aromatic carbocycles. The average molecular weight is 1630 g/mol. The van der Waals surface area contributed by atoms with Crippen molar-refractivity contribution in [2.24, 2.45) is 0 Å². The maximum atomic E-state index is 4.50. The van der Waals surface area contributed by atoms with E-state index in [1.54, 1.807) is 6.82 Å². The van der Waals surface area contributed by atoms with E-state index in [1.165, 1.54) is 266 Å². The Morgan fingerprint density at radius 1 is 0.165 bits per heavy atom. The summed E-state index contributed by atoms with van der Waals surface area (Å²) in [5.74, 6) is 0. The first kappa shape index (κ1) is 91.4. The Bertz CT molecular complexity index is 7240. The predicted molar refractivity (Wildman–Crippen MR) is 572 cm³/mol. The van der Waals surface area contributed by atoms with Crippen molar-refractivity contribution in [3.63, 3.8) is 0 Å². The Morgan fingerprint density at radius 2 is 0.394 bits per heavy atom. The van der Waals surface area contributed by atoms with Gasteiger partial charge in [0.25, 0.3) is 0 Å². The van der Waals surface area contributed by atoms with Crippen molar-refractivity contribution in [1.29, 1.82) is 0 Å². The van der Waals surface area contributed by atoms with Gasteiger partial charge in [0, 0.05) is 20.2 Å². The van der Waals surface area contributed by atoms with Crippen LogP contribution in [0.15, 0.2) is 413 Å². The second-order valence-electron chi connectivity index (χ2n) is 29.6. The third-order valence-corrected chi connectivity index (χ3v) is 24.5. The van der Waals surface area contributed by atoms with Crippen LogP contribution >= 0.6 is 11.3 Å². The summed E-state index contributed by atoms with van der Waals surface area (Å²) in [7, 11) is 34.8. The molecule has 0 unspecified atom stereocenters. The SMILES string of the molecule is [BH]C.[B]C.[B]C.[B]C.[B]C.[B]C.[B]C.[B]C.c1cc(-c2ccc3c4ccccc4c4ccccc4c3c2)cc(-c2cccc3c2Cc2ccccc2-3)c1.c1cc(-c2cccc(-c3cccc4c3sc3ccccc34)c2)cc(-c2cccc3c2Cc2ccccc2-3)c1.c1ccc(-c2cccc(-c3cccc(-c4ccc5c6ccccc6c6ccccc6c5c4)c3)c2)cc1. The van der Waals surface area contributed by atoms with Gasteiger partial charge in [-0.2, -0.15) is 0 Å². The summed E-state index contributed by atoms with van der Waals surface area (Å²) >= 11 is 1.89. The maximum Gasteiger partial charge on any atom is 0.0823 e. The molecule has 9 heteroatoms. The van der Waals surface area contributed by atoms with Gasteiger partial charge in [-0.3, -0.25) is 0 Å². The smallest absolute Gasteiger partial charge is 0.0823 e. The molecule has 0 amide bonds. The van der Waals surface area contributed by atoms with E-state index in [0.717, 1.165) is 12.8 Å². The summed E-state index contributed by atoms with van der Waals surface area (Å²) in [6.07, 6.45) is 2.00. The van der Waals surface area contributed by atoms with E-state index in [0.29, 0.717) is 0 Å². The van der Waals surface area contributed by atoms with E-state index in [4.69, 9.17) is 0 Å². The highest BCUT2D eigenvalue weighted by atomic mass is 32.1. The van der Waals surface area contributed by atoms with Gasteiger partial charge in [-0.05, 0) is 260 Å². The molecule has 0 bridgehead atoms. The number of hydrogen-bond donors (Lipinski definition) is 0. The minimum absolute atomic E-state index is 1.00. The van der Waals surface area contributed by atoms with Gasteiger partial charge < -0.3 is 0 Å². The summed E-state index contributed by atoms with van der Waals surface area (Å²) in [6, 6.07) is 151. The Balaban J connectivity index is 0.000000151. The molecule has 0 aliphatic heterocycles. The molecule has 0 fully saturated rings. The van der Waals surface area contributed by atoms with Gasteiger partial charge in [0.1, 0.15) is 0 Å². The Labute approximate surface area is 766 Å². The lowest BCUT2D eigenvalue weighted by Crippen LogP contribution is -1.89. The fourth-order valence-electron chi connectivity index (χ4n) is 18.0. The molecule has 0 saturated heterocycles. The molecule has 599 valence electrons. The lowest BCUT2D eigenvalue weighted by atomic mass is 9.90. The van der Waals surface area contributed by atoms with Crippen LogP contribution in [0.4, 0.5) is 0 Å². The van der Waals surface area contributed by atoms with E-state index < -0.39 is 0 Å². The fourth-order valence-corrected chi connectivity index (χ4v) is 19.2. The van der Waals surface area contributed by atoms with Crippen LogP contribution in [0.25, 0.3) is 196 Å². The van der Waals surface area contributed by atoms with Crippen molar-refractivity contribution in [1.82, 2.24) is 0 Å². The molecule has 23 rings (SSSR count). The maximum absolute atomic E-state index is 4.50. The number of rotatable bonds is 8. The van der Waals surface area contributed by atoms with E-state index in [9.17, 15) is 0 Å². The predicted octanol–water partition coefficient (Wildman–Crippen LogP) is 32.2. The van der Waals surface area contributed by atoms with Gasteiger partial charge in [-0.25, -0.2) is 0 Å². The van der Waals surface area contributed by atoms with Gasteiger partial charge in [-0.15, -0.1) is 11.3 Å². The zero-order chi connectivity index (χ0) is 89.3. The van der Waals surface area contributed by atoms with Gasteiger partial charge in [0.05, 0.1) is 62.8 Å². The van der Waals surface area contributed by atoms with E-state index in [1.807, 2.05) is 11.3 Å². The second-order valence-corrected chi connectivity index (χ2v) is 30.6. The molecule has 0 N–H and O–H groups in total. The number of fused-ring (bicyclic) bond motifs is 21. The zero-order valence-electron chi connectivity index (χ0n) is 73.8. The highest BCUT2D eigenvalue weighted by molar-refractivity contribution is 7.26. The Hall–Kier alpha value is -13.3. The quantitative estimate of drug-likeness (QED) is 0.105. The fraction of sp³-hybridized carbons (Fsp3) is 0.0847. The molecule has 127 heavy (non-hydrogen) atoms. The minimum Gasteiger partial charge on any atom is -0.135 e. The van der Waals surface area contributed by atoms with E-state index in [-0.39, 0.29) is 0 Å². The lowest BCUT2D eigenvalue weighted by Gasteiger charge is -2.13.